The van der Waals surface area contributed by atoms with Gasteiger partial charge in [-0.2, -0.15) is 0 Å². The summed E-state index contributed by atoms with van der Waals surface area (Å²) in [7, 11) is 0. The molecule has 1 saturated heterocycles. The van der Waals surface area contributed by atoms with Crippen LogP contribution in [0.1, 0.15) is 56.4 Å². The Kier molecular flexibility index (Phi) is 5.21. The zero-order chi connectivity index (χ0) is 19.9. The van der Waals surface area contributed by atoms with E-state index in [4.69, 9.17) is 5.11 Å². The van der Waals surface area contributed by atoms with Gasteiger partial charge in [-0.05, 0) is 55.3 Å². The summed E-state index contributed by atoms with van der Waals surface area (Å²) in [6.07, 6.45) is 7.30. The van der Waals surface area contributed by atoms with Crippen molar-refractivity contribution in [1.82, 2.24) is 10.3 Å². The van der Waals surface area contributed by atoms with Crippen molar-refractivity contribution in [3.05, 3.63) is 22.7 Å². The highest BCUT2D eigenvalue weighted by Crippen LogP contribution is 2.61. The van der Waals surface area contributed by atoms with Gasteiger partial charge in [-0.15, -0.1) is 11.3 Å². The molecule has 0 unspecified atom stereocenters. The Hall–Kier alpha value is -1.89. The molecule has 6 nitrogen and oxygen atoms in total. The molecule has 28 heavy (non-hydrogen) atoms. The number of nitrogens with zero attached hydrogens (tertiary/aromatic N) is 2. The Morgan fingerprint density at radius 1 is 1.36 bits per heavy atom. The lowest BCUT2D eigenvalue weighted by atomic mass is 9.45. The van der Waals surface area contributed by atoms with E-state index in [0.717, 1.165) is 55.0 Å². The van der Waals surface area contributed by atoms with Crippen LogP contribution in [0.15, 0.2) is 17.0 Å². The minimum Gasteiger partial charge on any atom is -0.476 e. The van der Waals surface area contributed by atoms with Crippen LogP contribution in [-0.2, 0) is 4.79 Å². The molecule has 0 spiro atoms. The van der Waals surface area contributed by atoms with E-state index in [9.17, 15) is 9.59 Å². The molecule has 0 aromatic carbocycles. The van der Waals surface area contributed by atoms with Crippen LogP contribution in [-0.4, -0.2) is 41.6 Å². The highest BCUT2D eigenvalue weighted by molar-refractivity contribution is 7.13. The van der Waals surface area contributed by atoms with Crippen LogP contribution in [0.5, 0.6) is 0 Å². The standard InChI is InChI=1S/C21H29N3O3S/c1-21(2)15-4-3-14(16(21)10-15)11-22-18(25)9-13-5-7-24(8-6-13)20-23-17(12-28-20)19(26)27/h9,12,14-16H,3-8,10-11H2,1-2H3,(H,22,25)(H,26,27)/t14-,15-,16-/m0/s1. The molecule has 3 atom stereocenters. The van der Waals surface area contributed by atoms with Crippen LogP contribution < -0.4 is 10.2 Å². The van der Waals surface area contributed by atoms with Gasteiger partial charge in [-0.3, -0.25) is 4.79 Å². The number of thiazole rings is 1. The number of piperidine rings is 1. The molecule has 2 N–H and O–H groups in total. The summed E-state index contributed by atoms with van der Waals surface area (Å²) in [5.74, 6) is 1.32. The molecule has 1 aliphatic heterocycles. The van der Waals surface area contributed by atoms with Crippen LogP contribution in [0, 0.1) is 23.2 Å². The molecule has 3 saturated carbocycles. The summed E-state index contributed by atoms with van der Waals surface area (Å²) in [5.41, 5.74) is 1.72. The minimum atomic E-state index is -0.990. The van der Waals surface area contributed by atoms with Crippen LogP contribution in [0.2, 0.25) is 0 Å². The van der Waals surface area contributed by atoms with E-state index < -0.39 is 5.97 Å². The Morgan fingerprint density at radius 2 is 2.11 bits per heavy atom. The molecule has 3 aliphatic carbocycles. The zero-order valence-corrected chi connectivity index (χ0v) is 17.4. The van der Waals surface area contributed by atoms with Gasteiger partial charge >= 0.3 is 5.97 Å². The molecule has 0 radical (unpaired) electrons. The molecule has 1 aromatic heterocycles. The van der Waals surface area contributed by atoms with Gasteiger partial charge in [0.25, 0.3) is 0 Å². The Labute approximate surface area is 170 Å². The van der Waals surface area contributed by atoms with Crippen molar-refractivity contribution in [2.75, 3.05) is 24.5 Å². The molecule has 4 fully saturated rings. The van der Waals surface area contributed by atoms with Crippen molar-refractivity contribution in [2.24, 2.45) is 23.2 Å². The normalized spacial score (nSPS) is 28.4. The van der Waals surface area contributed by atoms with Gasteiger partial charge in [-0.25, -0.2) is 9.78 Å². The number of hydrogen-bond donors (Lipinski definition) is 2. The number of carbonyl (C=O) groups excluding carboxylic acids is 1. The van der Waals surface area contributed by atoms with E-state index in [2.05, 4.69) is 29.0 Å². The molecule has 2 heterocycles. The van der Waals surface area contributed by atoms with Crippen LogP contribution in [0.3, 0.4) is 0 Å². The van der Waals surface area contributed by atoms with E-state index >= 15 is 0 Å². The number of anilines is 1. The highest BCUT2D eigenvalue weighted by atomic mass is 32.1. The van der Waals surface area contributed by atoms with Gasteiger partial charge in [0, 0.05) is 31.1 Å². The van der Waals surface area contributed by atoms with Crippen LogP contribution in [0.25, 0.3) is 0 Å². The number of nitrogens with one attached hydrogen (secondary N) is 1. The predicted octanol–water partition coefficient (Wildman–Crippen LogP) is 3.56. The number of hydrogen-bond acceptors (Lipinski definition) is 5. The van der Waals surface area contributed by atoms with E-state index in [1.807, 2.05) is 0 Å². The lowest BCUT2D eigenvalue weighted by Gasteiger charge is -2.60. The molecule has 1 amide bonds. The van der Waals surface area contributed by atoms with Gasteiger partial charge in [0.15, 0.2) is 10.8 Å². The third kappa shape index (κ3) is 3.69. The Balaban J connectivity index is 1.25. The first-order chi connectivity index (χ1) is 13.3. The van der Waals surface area contributed by atoms with E-state index in [0.29, 0.717) is 11.3 Å². The number of carbonyl (C=O) groups is 2. The van der Waals surface area contributed by atoms with Crippen molar-refractivity contribution in [3.8, 4) is 0 Å². The van der Waals surface area contributed by atoms with Crippen LogP contribution in [0.4, 0.5) is 5.13 Å². The largest absolute Gasteiger partial charge is 0.476 e. The molecule has 2 bridgehead atoms. The maximum Gasteiger partial charge on any atom is 0.355 e. The molecule has 7 heteroatoms. The number of fused-ring (bicyclic) bond motifs is 2. The molecule has 1 aromatic rings. The number of rotatable bonds is 5. The fraction of sp³-hybridized carbons (Fsp3) is 0.667. The molecule has 4 aliphatic rings. The van der Waals surface area contributed by atoms with Crippen molar-refractivity contribution in [3.63, 3.8) is 0 Å². The SMILES string of the molecule is CC1(C)[C@H]2CC[C@@H](CNC(=O)C=C3CCN(c4nc(C(=O)O)cs4)CC3)[C@@H]1C2. The number of carboxylic acids is 1. The predicted molar refractivity (Wildman–Crippen MR) is 110 cm³/mol. The Morgan fingerprint density at radius 3 is 2.71 bits per heavy atom. The van der Waals surface area contributed by atoms with Crippen molar-refractivity contribution >= 4 is 28.3 Å². The summed E-state index contributed by atoms with van der Waals surface area (Å²) in [5, 5.41) is 14.5. The lowest BCUT2D eigenvalue weighted by molar-refractivity contribution is -0.120. The topological polar surface area (TPSA) is 82.5 Å². The smallest absolute Gasteiger partial charge is 0.355 e. The average Bonchev–Trinajstić information content (AvgIpc) is 3.17. The third-order valence-corrected chi connectivity index (χ3v) is 8.16. The summed E-state index contributed by atoms with van der Waals surface area (Å²) < 4.78 is 0. The zero-order valence-electron chi connectivity index (χ0n) is 16.6. The number of amides is 1. The Bertz CT molecular complexity index is 789. The second-order valence-corrected chi connectivity index (χ2v) is 9.89. The first kappa shape index (κ1) is 19.4. The van der Waals surface area contributed by atoms with Gasteiger partial charge in [0.05, 0.1) is 0 Å². The monoisotopic (exact) mass is 403 g/mol. The first-order valence-electron chi connectivity index (χ1n) is 10.3. The minimum absolute atomic E-state index is 0.0325. The van der Waals surface area contributed by atoms with E-state index in [1.165, 1.54) is 30.6 Å². The quantitative estimate of drug-likeness (QED) is 0.735. The fourth-order valence-corrected chi connectivity index (χ4v) is 6.17. The second kappa shape index (κ2) is 7.50. The number of carboxylic acid groups (broad SMARTS) is 1. The number of aromatic nitrogens is 1. The van der Waals surface area contributed by atoms with Crippen molar-refractivity contribution in [1.29, 1.82) is 0 Å². The first-order valence-corrected chi connectivity index (χ1v) is 11.1. The maximum absolute atomic E-state index is 12.4. The van der Waals surface area contributed by atoms with E-state index in [1.54, 1.807) is 11.5 Å². The van der Waals surface area contributed by atoms with Gasteiger partial charge in [0.1, 0.15) is 0 Å². The molecular formula is C21H29N3O3S. The summed E-state index contributed by atoms with van der Waals surface area (Å²) >= 11 is 1.36. The third-order valence-electron chi connectivity index (χ3n) is 7.26. The van der Waals surface area contributed by atoms with Gasteiger partial charge in [-0.1, -0.05) is 19.4 Å². The summed E-state index contributed by atoms with van der Waals surface area (Å²) in [4.78, 5) is 29.6. The molecule has 152 valence electrons. The second-order valence-electron chi connectivity index (χ2n) is 9.05. The average molecular weight is 404 g/mol. The van der Waals surface area contributed by atoms with E-state index in [-0.39, 0.29) is 11.6 Å². The number of aromatic carboxylic acids is 1. The van der Waals surface area contributed by atoms with Crippen molar-refractivity contribution in [2.45, 2.75) is 46.0 Å². The molecule has 5 rings (SSSR count). The summed E-state index contributed by atoms with van der Waals surface area (Å²) in [6, 6.07) is 0. The molecular weight excluding hydrogens is 374 g/mol. The lowest BCUT2D eigenvalue weighted by Crippen LogP contribution is -2.54. The summed E-state index contributed by atoms with van der Waals surface area (Å²) in [6.45, 7) is 7.11. The van der Waals surface area contributed by atoms with Gasteiger partial charge in [0.2, 0.25) is 5.91 Å². The fourth-order valence-electron chi connectivity index (χ4n) is 5.31. The van der Waals surface area contributed by atoms with Crippen molar-refractivity contribution < 1.29 is 14.7 Å². The van der Waals surface area contributed by atoms with Crippen LogP contribution >= 0.6 is 11.3 Å². The van der Waals surface area contributed by atoms with Gasteiger partial charge < -0.3 is 15.3 Å². The maximum atomic E-state index is 12.4. The highest BCUT2D eigenvalue weighted by Gasteiger charge is 2.53.